The van der Waals surface area contributed by atoms with E-state index in [4.69, 9.17) is 5.73 Å². The monoisotopic (exact) mass is 278 g/mol. The van der Waals surface area contributed by atoms with E-state index in [2.05, 4.69) is 45.7 Å². The Morgan fingerprint density at radius 2 is 1.95 bits per heavy atom. The number of hydrogen-bond acceptors (Lipinski definition) is 3. The zero-order chi connectivity index (χ0) is 14.7. The summed E-state index contributed by atoms with van der Waals surface area (Å²) in [4.78, 5) is 8.40. The van der Waals surface area contributed by atoms with Crippen molar-refractivity contribution in [3.05, 3.63) is 66.2 Å². The predicted molar refractivity (Wildman–Crippen MR) is 84.8 cm³/mol. The number of aryl methyl sites for hydroxylation is 3. The molecule has 0 saturated heterocycles. The summed E-state index contributed by atoms with van der Waals surface area (Å²) in [5, 5.41) is 0. The molecule has 0 radical (unpaired) electrons. The van der Waals surface area contributed by atoms with Crippen molar-refractivity contribution in [3.8, 4) is 11.3 Å². The zero-order valence-electron chi connectivity index (χ0n) is 12.0. The van der Waals surface area contributed by atoms with Gasteiger partial charge >= 0.3 is 0 Å². The predicted octanol–water partition coefficient (Wildman–Crippen LogP) is 3.08. The van der Waals surface area contributed by atoms with E-state index in [0.717, 1.165) is 24.2 Å². The normalized spacial score (nSPS) is 10.7. The molecule has 21 heavy (non-hydrogen) atoms. The first kappa shape index (κ1) is 13.4. The van der Waals surface area contributed by atoms with E-state index in [9.17, 15) is 0 Å². The van der Waals surface area contributed by atoms with E-state index < -0.39 is 0 Å². The maximum Gasteiger partial charge on any atom is 0.123 e. The first-order valence-electron chi connectivity index (χ1n) is 7.00. The van der Waals surface area contributed by atoms with Crippen molar-refractivity contribution in [1.82, 2.24) is 14.5 Å². The Morgan fingerprint density at radius 3 is 2.71 bits per heavy atom. The number of nitrogen functional groups attached to an aromatic ring is 1. The van der Waals surface area contributed by atoms with Gasteiger partial charge in [-0.05, 0) is 36.6 Å². The number of imidazole rings is 1. The standard InChI is InChI=1S/C17H18N4/c1-13-4-2-3-5-14(13)8-9-21-12-19-11-16(21)15-6-7-17(18)20-10-15/h2-7,10-12H,8-9H2,1H3,(H2,18,20). The van der Waals surface area contributed by atoms with E-state index in [1.165, 1.54) is 11.1 Å². The Balaban J connectivity index is 1.80. The molecular formula is C17H18N4. The molecule has 4 nitrogen and oxygen atoms in total. The van der Waals surface area contributed by atoms with Gasteiger partial charge in [-0.25, -0.2) is 9.97 Å². The summed E-state index contributed by atoms with van der Waals surface area (Å²) in [6.07, 6.45) is 6.50. The van der Waals surface area contributed by atoms with Crippen LogP contribution in [0.1, 0.15) is 11.1 Å². The fraction of sp³-hybridized carbons (Fsp3) is 0.176. The average molecular weight is 278 g/mol. The largest absolute Gasteiger partial charge is 0.384 e. The summed E-state index contributed by atoms with van der Waals surface area (Å²) in [7, 11) is 0. The van der Waals surface area contributed by atoms with Crippen molar-refractivity contribution < 1.29 is 0 Å². The first-order valence-corrected chi connectivity index (χ1v) is 7.00. The molecule has 4 heteroatoms. The lowest BCUT2D eigenvalue weighted by molar-refractivity contribution is 0.699. The highest BCUT2D eigenvalue weighted by molar-refractivity contribution is 5.59. The van der Waals surface area contributed by atoms with Crippen molar-refractivity contribution >= 4 is 5.82 Å². The summed E-state index contributed by atoms with van der Waals surface area (Å²) in [5.74, 6) is 0.532. The van der Waals surface area contributed by atoms with E-state index in [1.807, 2.05) is 24.7 Å². The topological polar surface area (TPSA) is 56.7 Å². The third kappa shape index (κ3) is 2.94. The molecule has 1 aromatic carbocycles. The number of pyridine rings is 1. The molecule has 3 rings (SSSR count). The SMILES string of the molecule is Cc1ccccc1CCn1cncc1-c1ccc(N)nc1. The molecule has 106 valence electrons. The van der Waals surface area contributed by atoms with Crippen LogP contribution in [-0.2, 0) is 13.0 Å². The number of nitrogens with zero attached hydrogens (tertiary/aromatic N) is 3. The highest BCUT2D eigenvalue weighted by Gasteiger charge is 2.06. The van der Waals surface area contributed by atoms with Gasteiger partial charge in [-0.15, -0.1) is 0 Å². The van der Waals surface area contributed by atoms with Gasteiger partial charge in [0.05, 0.1) is 18.2 Å². The minimum absolute atomic E-state index is 0.532. The summed E-state index contributed by atoms with van der Waals surface area (Å²) in [5.41, 5.74) is 10.4. The van der Waals surface area contributed by atoms with Crippen LogP contribution < -0.4 is 5.73 Å². The number of benzene rings is 1. The molecule has 2 N–H and O–H groups in total. The molecular weight excluding hydrogens is 260 g/mol. The van der Waals surface area contributed by atoms with Gasteiger partial charge in [-0.3, -0.25) is 0 Å². The quantitative estimate of drug-likeness (QED) is 0.798. The van der Waals surface area contributed by atoms with E-state index in [-0.39, 0.29) is 0 Å². The van der Waals surface area contributed by atoms with Crippen molar-refractivity contribution in [2.24, 2.45) is 0 Å². The molecule has 0 spiro atoms. The molecule has 2 heterocycles. The van der Waals surface area contributed by atoms with E-state index >= 15 is 0 Å². The van der Waals surface area contributed by atoms with Gasteiger partial charge in [0.2, 0.25) is 0 Å². The number of nitrogens with two attached hydrogens (primary N) is 1. The highest BCUT2D eigenvalue weighted by Crippen LogP contribution is 2.19. The molecule has 0 fully saturated rings. The Hall–Kier alpha value is -2.62. The maximum absolute atomic E-state index is 5.64. The summed E-state index contributed by atoms with van der Waals surface area (Å²) in [6, 6.07) is 12.3. The molecule has 0 unspecified atom stereocenters. The Labute approximate surface area is 124 Å². The second-order valence-corrected chi connectivity index (χ2v) is 5.12. The van der Waals surface area contributed by atoms with E-state index in [0.29, 0.717) is 5.82 Å². The van der Waals surface area contributed by atoms with Gasteiger partial charge < -0.3 is 10.3 Å². The van der Waals surface area contributed by atoms with Crippen molar-refractivity contribution in [2.45, 2.75) is 19.9 Å². The van der Waals surface area contributed by atoms with Crippen LogP contribution in [0.25, 0.3) is 11.3 Å². The van der Waals surface area contributed by atoms with Crippen LogP contribution in [0, 0.1) is 6.92 Å². The van der Waals surface area contributed by atoms with Gasteiger partial charge in [0.1, 0.15) is 5.82 Å². The number of anilines is 1. The van der Waals surface area contributed by atoms with Crippen LogP contribution in [0.4, 0.5) is 5.82 Å². The molecule has 2 aromatic heterocycles. The van der Waals surface area contributed by atoms with Crippen LogP contribution in [-0.4, -0.2) is 14.5 Å². The van der Waals surface area contributed by atoms with Crippen LogP contribution in [0.3, 0.4) is 0 Å². The van der Waals surface area contributed by atoms with E-state index in [1.54, 1.807) is 6.20 Å². The van der Waals surface area contributed by atoms with Crippen LogP contribution >= 0.6 is 0 Å². The minimum Gasteiger partial charge on any atom is -0.384 e. The fourth-order valence-corrected chi connectivity index (χ4v) is 2.43. The summed E-state index contributed by atoms with van der Waals surface area (Å²) in [6.45, 7) is 3.04. The number of hydrogen-bond donors (Lipinski definition) is 1. The van der Waals surface area contributed by atoms with Crippen LogP contribution in [0.5, 0.6) is 0 Å². The second kappa shape index (κ2) is 5.79. The van der Waals surface area contributed by atoms with Crippen molar-refractivity contribution in [1.29, 1.82) is 0 Å². The average Bonchev–Trinajstić information content (AvgIpc) is 2.96. The third-order valence-corrected chi connectivity index (χ3v) is 3.68. The molecule has 0 aliphatic carbocycles. The Morgan fingerprint density at radius 1 is 1.10 bits per heavy atom. The summed E-state index contributed by atoms with van der Waals surface area (Å²) >= 11 is 0. The second-order valence-electron chi connectivity index (χ2n) is 5.12. The van der Waals surface area contributed by atoms with Crippen molar-refractivity contribution in [3.63, 3.8) is 0 Å². The lowest BCUT2D eigenvalue weighted by Crippen LogP contribution is -2.03. The lowest BCUT2D eigenvalue weighted by atomic mass is 10.1. The molecule has 0 amide bonds. The van der Waals surface area contributed by atoms with Gasteiger partial charge in [0, 0.05) is 18.3 Å². The molecule has 0 atom stereocenters. The fourth-order valence-electron chi connectivity index (χ4n) is 2.43. The van der Waals surface area contributed by atoms with Crippen LogP contribution in [0.15, 0.2) is 55.1 Å². The maximum atomic E-state index is 5.64. The smallest absolute Gasteiger partial charge is 0.123 e. The summed E-state index contributed by atoms with van der Waals surface area (Å²) < 4.78 is 2.15. The number of rotatable bonds is 4. The third-order valence-electron chi connectivity index (χ3n) is 3.68. The van der Waals surface area contributed by atoms with Gasteiger partial charge in [0.25, 0.3) is 0 Å². The zero-order valence-corrected chi connectivity index (χ0v) is 12.0. The van der Waals surface area contributed by atoms with Crippen molar-refractivity contribution in [2.75, 3.05) is 5.73 Å². The molecule has 0 bridgehead atoms. The van der Waals surface area contributed by atoms with Crippen LogP contribution in [0.2, 0.25) is 0 Å². The molecule has 0 aliphatic heterocycles. The van der Waals surface area contributed by atoms with Gasteiger partial charge in [-0.1, -0.05) is 24.3 Å². The highest BCUT2D eigenvalue weighted by atomic mass is 15.0. The van der Waals surface area contributed by atoms with Gasteiger partial charge in [-0.2, -0.15) is 0 Å². The molecule has 0 aliphatic rings. The number of aromatic nitrogens is 3. The molecule has 0 saturated carbocycles. The first-order chi connectivity index (χ1) is 10.2. The Kier molecular flexibility index (Phi) is 3.69. The minimum atomic E-state index is 0.532. The Bertz CT molecular complexity index is 729. The molecule has 3 aromatic rings. The van der Waals surface area contributed by atoms with Gasteiger partial charge in [0.15, 0.2) is 0 Å². The lowest BCUT2D eigenvalue weighted by Gasteiger charge is -2.10.